The third-order valence-electron chi connectivity index (χ3n) is 12.0. The van der Waals surface area contributed by atoms with Gasteiger partial charge in [-0.1, -0.05) is 131 Å². The minimum atomic E-state index is 0. The van der Waals surface area contributed by atoms with E-state index in [1.165, 1.54) is 72.5 Å². The Kier molecular flexibility index (Phi) is 20.6. The predicted octanol–water partition coefficient (Wildman–Crippen LogP) is 13.2. The van der Waals surface area contributed by atoms with Crippen molar-refractivity contribution in [1.82, 2.24) is 0 Å². The van der Waals surface area contributed by atoms with Crippen LogP contribution in [0, 0.1) is 0 Å². The van der Waals surface area contributed by atoms with Crippen molar-refractivity contribution in [3.8, 4) is 0 Å². The van der Waals surface area contributed by atoms with Crippen molar-refractivity contribution in [1.29, 1.82) is 0 Å². The topological polar surface area (TPSA) is 17.1 Å². The summed E-state index contributed by atoms with van der Waals surface area (Å²) in [7, 11) is 0.770. The van der Waals surface area contributed by atoms with E-state index in [2.05, 4.69) is 11.6 Å². The molecule has 5 heteroatoms. The van der Waals surface area contributed by atoms with Crippen LogP contribution in [-0.4, -0.2) is 39.7 Å². The average molecular weight is 727 g/mol. The fraction of sp³-hybridized carbons (Fsp3) is 0.973. The van der Waals surface area contributed by atoms with E-state index in [-0.39, 0.29) is 19.5 Å². The summed E-state index contributed by atoms with van der Waals surface area (Å²) in [6.07, 6.45) is 47.2. The first kappa shape index (κ1) is 37.9. The van der Waals surface area contributed by atoms with E-state index < -0.39 is 0 Å². The van der Waals surface area contributed by atoms with Crippen LogP contribution in [0.2, 0.25) is 0 Å². The zero-order chi connectivity index (χ0) is 28.5. The average Bonchev–Trinajstić information content (AvgIpc) is 3.05. The van der Waals surface area contributed by atoms with Gasteiger partial charge in [-0.3, -0.25) is 0 Å². The quantitative estimate of drug-likeness (QED) is 0.115. The molecule has 247 valence electrons. The summed E-state index contributed by atoms with van der Waals surface area (Å²) in [5, 5.41) is 0. The molecule has 0 aliphatic heterocycles. The fourth-order valence-corrected chi connectivity index (χ4v) is 19.4. The molecule has 0 aromatic rings. The first-order chi connectivity index (χ1) is 20.3. The third kappa shape index (κ3) is 12.6. The van der Waals surface area contributed by atoms with Crippen molar-refractivity contribution in [2.24, 2.45) is 0 Å². The van der Waals surface area contributed by atoms with Gasteiger partial charge in [-0.25, -0.2) is 0 Å². The van der Waals surface area contributed by atoms with Gasteiger partial charge >= 0.3 is 0 Å². The van der Waals surface area contributed by atoms with Crippen molar-refractivity contribution in [3.63, 3.8) is 0 Å². The molecule has 1 nitrogen and oxygen atoms in total. The van der Waals surface area contributed by atoms with Crippen molar-refractivity contribution in [2.75, 3.05) is 0 Å². The van der Waals surface area contributed by atoms with Gasteiger partial charge in [-0.2, -0.15) is 5.75 Å². The predicted molar refractivity (Wildman–Crippen MR) is 187 cm³/mol. The molecular weight excluding hydrogens is 661 g/mol. The molecule has 42 heavy (non-hydrogen) atoms. The molecule has 6 aliphatic carbocycles. The molecule has 0 amide bonds. The van der Waals surface area contributed by atoms with Gasteiger partial charge in [-0.15, -0.1) is 0 Å². The Morgan fingerprint density at radius 2 is 0.452 bits per heavy atom. The number of hydrogen-bond acceptors (Lipinski definition) is 1. The Hall–Kier alpha value is 1.44. The van der Waals surface area contributed by atoms with E-state index in [0.717, 1.165) is 5.75 Å². The summed E-state index contributed by atoms with van der Waals surface area (Å²) >= 11 is 4.19. The van der Waals surface area contributed by atoms with Gasteiger partial charge in [0.2, 0.25) is 0 Å². The molecule has 6 aliphatic rings. The van der Waals surface area contributed by atoms with Crippen molar-refractivity contribution < 1.29 is 24.3 Å². The molecule has 6 fully saturated rings. The zero-order valence-electron chi connectivity index (χ0n) is 27.2. The van der Waals surface area contributed by atoms with Crippen molar-refractivity contribution in [3.05, 3.63) is 0 Å². The van der Waals surface area contributed by atoms with Crippen LogP contribution in [-0.2, 0) is 24.3 Å². The minimum Gasteiger partial charge on any atom is -0.525 e. The standard InChI is InChI=1S/2C18H33P.CClO.Rh/c2*1-4-10-16(11-5-1)19(17-12-6-2-7-13-17)18-14-8-3-9-15-18;2-1-3;/h2*16-18H,1-15H2;;/q;;-1;. The summed E-state index contributed by atoms with van der Waals surface area (Å²) in [5.41, 5.74) is 7.14. The third-order valence-corrected chi connectivity index (χ3v) is 20.1. The largest absolute Gasteiger partial charge is 0.525 e. The Morgan fingerprint density at radius 3 is 0.571 bits per heavy atom. The van der Waals surface area contributed by atoms with Gasteiger partial charge in [0, 0.05) is 19.5 Å². The molecule has 1 radical (unpaired) electrons. The first-order valence-corrected chi connectivity index (χ1v) is 22.3. The van der Waals surface area contributed by atoms with E-state index >= 15 is 0 Å². The number of carbonyl (C=O) groups excluding carboxylic acids is 1. The molecule has 6 saturated carbocycles. The molecule has 0 bridgehead atoms. The molecule has 0 unspecified atom stereocenters. The van der Waals surface area contributed by atoms with Crippen molar-refractivity contribution >= 4 is 33.2 Å². The molecule has 6 rings (SSSR count). The van der Waals surface area contributed by atoms with E-state index in [1.54, 1.807) is 154 Å². The van der Waals surface area contributed by atoms with Crippen LogP contribution in [0.3, 0.4) is 0 Å². The summed E-state index contributed by atoms with van der Waals surface area (Å²) in [6.45, 7) is 0. The van der Waals surface area contributed by atoms with Crippen molar-refractivity contribution in [2.45, 2.75) is 227 Å². The number of hydrogen-bond donors (Lipinski definition) is 0. The molecule has 0 N–H and O–H groups in total. The van der Waals surface area contributed by atoms with Crippen LogP contribution in [0.5, 0.6) is 0 Å². The van der Waals surface area contributed by atoms with E-state index in [9.17, 15) is 0 Å². The van der Waals surface area contributed by atoms with E-state index in [4.69, 9.17) is 4.79 Å². The van der Waals surface area contributed by atoms with Crippen LogP contribution in [0.4, 0.5) is 0 Å². The fourth-order valence-electron chi connectivity index (χ4n) is 10.1. The summed E-state index contributed by atoms with van der Waals surface area (Å²) in [4.78, 5) is 8.45. The number of rotatable bonds is 6. The second-order valence-corrected chi connectivity index (χ2v) is 21.0. The maximum atomic E-state index is 8.45. The summed E-state index contributed by atoms with van der Waals surface area (Å²) in [5.74, 6) is 0.972. The Labute approximate surface area is 282 Å². The Morgan fingerprint density at radius 1 is 0.333 bits per heavy atom. The molecule has 0 spiro atoms. The summed E-state index contributed by atoms with van der Waals surface area (Å²) in [6, 6.07) is 0. The van der Waals surface area contributed by atoms with Crippen LogP contribution < -0.4 is 0 Å². The van der Waals surface area contributed by atoms with Crippen LogP contribution in [0.1, 0.15) is 193 Å². The van der Waals surface area contributed by atoms with Gasteiger partial charge in [0.1, 0.15) is 0 Å². The molecule has 0 aromatic heterocycles. The normalized spacial score (nSPS) is 26.5. The van der Waals surface area contributed by atoms with Gasteiger partial charge < -0.3 is 16.4 Å². The Bertz CT molecular complexity index is 519. The van der Waals surface area contributed by atoms with Crippen LogP contribution in [0.15, 0.2) is 0 Å². The second kappa shape index (κ2) is 22.9. The molecule has 0 aromatic carbocycles. The molecular formula is C37H66ClOP2Rh-. The summed E-state index contributed by atoms with van der Waals surface area (Å²) < 4.78 is 0. The van der Waals surface area contributed by atoms with Crippen LogP contribution in [0.25, 0.3) is 0 Å². The van der Waals surface area contributed by atoms with Gasteiger partial charge in [0.05, 0.1) is 0 Å². The molecule has 0 heterocycles. The maximum Gasteiger partial charge on any atom is 0 e. The van der Waals surface area contributed by atoms with Gasteiger partial charge in [-0.05, 0) is 111 Å². The monoisotopic (exact) mass is 726 g/mol. The SMILES string of the molecule is C1CCC(P(C2CCCCC2)C2CCCCC2)CC1.C1CCC(P(C2CCCCC2)C2CCCCC2)CC1.O=[C-]Cl.[Rh]. The number of halogens is 1. The van der Waals surface area contributed by atoms with Crippen LogP contribution >= 0.6 is 27.4 Å². The maximum absolute atomic E-state index is 8.45. The first-order valence-electron chi connectivity index (χ1n) is 18.8. The van der Waals surface area contributed by atoms with Gasteiger partial charge in [0.15, 0.2) is 0 Å². The molecule has 0 atom stereocenters. The van der Waals surface area contributed by atoms with E-state index in [0.29, 0.717) is 15.8 Å². The smallest absolute Gasteiger partial charge is 0 e. The van der Waals surface area contributed by atoms with E-state index in [1.807, 2.05) is 0 Å². The zero-order valence-corrected chi connectivity index (χ0v) is 31.4. The molecule has 0 saturated heterocycles. The second-order valence-electron chi connectivity index (χ2n) is 14.7. The Balaban J connectivity index is 0.000000207. The van der Waals surface area contributed by atoms with Gasteiger partial charge in [0.25, 0.3) is 0 Å². The minimum absolute atomic E-state index is 0.